The lowest BCUT2D eigenvalue weighted by atomic mass is 10.1. The highest BCUT2D eigenvalue weighted by Crippen LogP contribution is 2.37. The number of nitrogens with two attached hydrogens (primary N) is 1. The molecule has 1 unspecified atom stereocenters. The van der Waals surface area contributed by atoms with Gasteiger partial charge >= 0.3 is 6.18 Å². The quantitative estimate of drug-likeness (QED) is 0.844. The van der Waals surface area contributed by atoms with Crippen LogP contribution in [-0.2, 0) is 11.0 Å². The van der Waals surface area contributed by atoms with Gasteiger partial charge in [0.05, 0.1) is 5.56 Å². The van der Waals surface area contributed by atoms with Crippen molar-refractivity contribution in [3.63, 3.8) is 0 Å². The lowest BCUT2D eigenvalue weighted by molar-refractivity contribution is -0.137. The Morgan fingerprint density at radius 1 is 1.37 bits per heavy atom. The average Bonchev–Trinajstić information content (AvgIpc) is 2.37. The van der Waals surface area contributed by atoms with Gasteiger partial charge in [-0.05, 0) is 12.1 Å². The number of carbonyl (C=O) groups is 1. The molecule has 3 N–H and O–H groups in total. The minimum absolute atomic E-state index is 0.000278. The molecule has 7 heteroatoms. The van der Waals surface area contributed by atoms with Gasteiger partial charge in [0.2, 0.25) is 5.91 Å². The Hall–Kier alpha value is -1.76. The first-order chi connectivity index (χ1) is 8.91. The zero-order chi connectivity index (χ0) is 14.0. The number of rotatable bonds is 2. The number of nitrogens with one attached hydrogen (secondary N) is 1. The fourth-order valence-corrected chi connectivity index (χ4v) is 2.21. The maximum absolute atomic E-state index is 13.0. The molecular weight excluding hydrogens is 259 g/mol. The third-order valence-corrected chi connectivity index (χ3v) is 3.09. The molecule has 104 valence electrons. The molecule has 19 heavy (non-hydrogen) atoms. The fourth-order valence-electron chi connectivity index (χ4n) is 2.21. The summed E-state index contributed by atoms with van der Waals surface area (Å²) < 4.78 is 38.9. The van der Waals surface area contributed by atoms with Gasteiger partial charge < -0.3 is 16.0 Å². The molecule has 0 aromatic heterocycles. The number of hydrogen-bond donors (Lipinski definition) is 2. The summed E-state index contributed by atoms with van der Waals surface area (Å²) >= 11 is 0. The van der Waals surface area contributed by atoms with Crippen LogP contribution in [0.25, 0.3) is 0 Å². The first-order valence-corrected chi connectivity index (χ1v) is 5.84. The Balaban J connectivity index is 2.42. The highest BCUT2D eigenvalue weighted by molar-refractivity contribution is 5.84. The van der Waals surface area contributed by atoms with Crippen molar-refractivity contribution < 1.29 is 18.0 Å². The zero-order valence-corrected chi connectivity index (χ0v) is 10.1. The third kappa shape index (κ3) is 2.81. The number of alkyl halides is 3. The molecular formula is C12H14F3N3O. The van der Waals surface area contributed by atoms with Gasteiger partial charge in [-0.3, -0.25) is 4.79 Å². The van der Waals surface area contributed by atoms with Crippen LogP contribution in [0.15, 0.2) is 24.3 Å². The molecule has 1 heterocycles. The number of anilines is 1. The van der Waals surface area contributed by atoms with E-state index in [1.165, 1.54) is 23.1 Å². The second-order valence-corrected chi connectivity index (χ2v) is 4.33. The number of nitrogens with zero attached hydrogens (tertiary/aromatic N) is 1. The van der Waals surface area contributed by atoms with Gasteiger partial charge in [-0.1, -0.05) is 12.1 Å². The van der Waals surface area contributed by atoms with Gasteiger partial charge in [0.1, 0.15) is 6.04 Å². The smallest absolute Gasteiger partial charge is 0.368 e. The molecule has 0 radical (unpaired) electrons. The number of halogens is 3. The lowest BCUT2D eigenvalue weighted by Gasteiger charge is -2.37. The molecule has 0 aliphatic carbocycles. The van der Waals surface area contributed by atoms with Crippen LogP contribution in [-0.4, -0.2) is 31.6 Å². The van der Waals surface area contributed by atoms with Crippen LogP contribution in [0.4, 0.5) is 18.9 Å². The summed E-state index contributed by atoms with van der Waals surface area (Å²) in [5, 5.41) is 2.95. The molecule has 1 aliphatic heterocycles. The molecule has 1 aromatic carbocycles. The van der Waals surface area contributed by atoms with E-state index in [2.05, 4.69) is 5.32 Å². The van der Waals surface area contributed by atoms with Crippen molar-refractivity contribution in [2.45, 2.75) is 12.2 Å². The Morgan fingerprint density at radius 3 is 2.68 bits per heavy atom. The number of piperazine rings is 1. The average molecular weight is 273 g/mol. The minimum Gasteiger partial charge on any atom is -0.368 e. The van der Waals surface area contributed by atoms with Crippen LogP contribution in [0.2, 0.25) is 0 Å². The first-order valence-electron chi connectivity index (χ1n) is 5.84. The molecule has 1 amide bonds. The second-order valence-electron chi connectivity index (χ2n) is 4.33. The van der Waals surface area contributed by atoms with E-state index in [4.69, 9.17) is 5.73 Å². The Morgan fingerprint density at radius 2 is 2.05 bits per heavy atom. The number of primary amides is 1. The monoisotopic (exact) mass is 273 g/mol. The van der Waals surface area contributed by atoms with Crippen molar-refractivity contribution in [1.29, 1.82) is 0 Å². The van der Waals surface area contributed by atoms with E-state index in [1.807, 2.05) is 0 Å². The number of carbonyl (C=O) groups excluding carboxylic acids is 1. The number of benzene rings is 1. The second kappa shape index (κ2) is 5.08. The Bertz CT molecular complexity index is 476. The van der Waals surface area contributed by atoms with Crippen molar-refractivity contribution in [2.24, 2.45) is 5.73 Å². The lowest BCUT2D eigenvalue weighted by Crippen LogP contribution is -2.57. The van der Waals surface area contributed by atoms with E-state index in [9.17, 15) is 18.0 Å². The largest absolute Gasteiger partial charge is 0.418 e. The van der Waals surface area contributed by atoms with Crippen molar-refractivity contribution in [3.8, 4) is 0 Å². The van der Waals surface area contributed by atoms with E-state index < -0.39 is 23.7 Å². The summed E-state index contributed by atoms with van der Waals surface area (Å²) in [7, 11) is 0. The number of amides is 1. The molecule has 0 saturated carbocycles. The standard InChI is InChI=1S/C12H14F3N3O/c13-12(14,15)8-3-1-2-4-9(8)18-6-5-17-7-10(18)11(16)19/h1-4,10,17H,5-7H2,(H2,16,19). The van der Waals surface area contributed by atoms with Crippen LogP contribution >= 0.6 is 0 Å². The van der Waals surface area contributed by atoms with Crippen molar-refractivity contribution in [1.82, 2.24) is 5.32 Å². The fraction of sp³-hybridized carbons (Fsp3) is 0.417. The molecule has 0 bridgehead atoms. The third-order valence-electron chi connectivity index (χ3n) is 3.09. The van der Waals surface area contributed by atoms with E-state index in [0.717, 1.165) is 6.07 Å². The summed E-state index contributed by atoms with van der Waals surface area (Å²) in [6.07, 6.45) is -4.45. The summed E-state index contributed by atoms with van der Waals surface area (Å²) in [4.78, 5) is 12.8. The molecule has 1 saturated heterocycles. The van der Waals surface area contributed by atoms with E-state index in [-0.39, 0.29) is 12.2 Å². The number of hydrogen-bond acceptors (Lipinski definition) is 3. The zero-order valence-electron chi connectivity index (χ0n) is 10.1. The van der Waals surface area contributed by atoms with Gasteiger partial charge in [0.15, 0.2) is 0 Å². The highest BCUT2D eigenvalue weighted by Gasteiger charge is 2.37. The first kappa shape index (κ1) is 13.7. The number of para-hydroxylation sites is 1. The maximum atomic E-state index is 13.0. The van der Waals surface area contributed by atoms with Gasteiger partial charge in [-0.25, -0.2) is 0 Å². The van der Waals surface area contributed by atoms with Gasteiger partial charge in [-0.15, -0.1) is 0 Å². The van der Waals surface area contributed by atoms with Crippen molar-refractivity contribution in [3.05, 3.63) is 29.8 Å². The molecule has 1 aromatic rings. The van der Waals surface area contributed by atoms with Crippen molar-refractivity contribution in [2.75, 3.05) is 24.5 Å². The molecule has 0 spiro atoms. The summed E-state index contributed by atoms with van der Waals surface area (Å²) in [6, 6.07) is 4.45. The Labute approximate surface area is 108 Å². The topological polar surface area (TPSA) is 58.4 Å². The molecule has 1 fully saturated rings. The van der Waals surface area contributed by atoms with Gasteiger partial charge in [0.25, 0.3) is 0 Å². The molecule has 1 aliphatic rings. The predicted octanol–water partition coefficient (Wildman–Crippen LogP) is 0.969. The minimum atomic E-state index is -4.45. The summed E-state index contributed by atoms with van der Waals surface area (Å²) in [5.74, 6) is -0.635. The van der Waals surface area contributed by atoms with E-state index >= 15 is 0 Å². The van der Waals surface area contributed by atoms with Crippen LogP contribution in [0.5, 0.6) is 0 Å². The maximum Gasteiger partial charge on any atom is 0.418 e. The predicted molar refractivity (Wildman–Crippen MR) is 64.6 cm³/mol. The van der Waals surface area contributed by atoms with Gasteiger partial charge in [-0.2, -0.15) is 13.2 Å². The highest BCUT2D eigenvalue weighted by atomic mass is 19.4. The SMILES string of the molecule is NC(=O)C1CNCCN1c1ccccc1C(F)(F)F. The van der Waals surface area contributed by atoms with Crippen LogP contribution < -0.4 is 16.0 Å². The molecule has 4 nitrogen and oxygen atoms in total. The van der Waals surface area contributed by atoms with Gasteiger partial charge in [0, 0.05) is 25.3 Å². The van der Waals surface area contributed by atoms with E-state index in [1.54, 1.807) is 0 Å². The Kier molecular flexibility index (Phi) is 3.66. The van der Waals surface area contributed by atoms with Crippen LogP contribution in [0.3, 0.4) is 0 Å². The van der Waals surface area contributed by atoms with Crippen LogP contribution in [0, 0.1) is 0 Å². The van der Waals surface area contributed by atoms with E-state index in [0.29, 0.717) is 13.1 Å². The molecule has 2 rings (SSSR count). The molecule has 1 atom stereocenters. The normalized spacial score (nSPS) is 20.4. The summed E-state index contributed by atoms with van der Waals surface area (Å²) in [5.41, 5.74) is 4.51. The van der Waals surface area contributed by atoms with Crippen molar-refractivity contribution >= 4 is 11.6 Å². The summed E-state index contributed by atoms with van der Waals surface area (Å²) in [6.45, 7) is 1.07. The van der Waals surface area contributed by atoms with Crippen LogP contribution in [0.1, 0.15) is 5.56 Å².